The zero-order valence-electron chi connectivity index (χ0n) is 23.5. The van der Waals surface area contributed by atoms with Gasteiger partial charge in [0.2, 0.25) is 0 Å². The normalized spacial score (nSPS) is 17.5. The van der Waals surface area contributed by atoms with Crippen molar-refractivity contribution < 1.29 is 10.2 Å². The molecular formula is C31H49N3O2. The molecule has 1 aliphatic heterocycles. The second-order valence-corrected chi connectivity index (χ2v) is 12.5. The van der Waals surface area contributed by atoms with Crippen molar-refractivity contribution in [2.75, 3.05) is 19.6 Å². The molecule has 0 unspecified atom stereocenters. The average Bonchev–Trinajstić information content (AvgIpc) is 2.79. The highest BCUT2D eigenvalue weighted by Gasteiger charge is 2.20. The van der Waals surface area contributed by atoms with Crippen molar-refractivity contribution in [1.82, 2.24) is 16.0 Å². The maximum atomic E-state index is 11.0. The van der Waals surface area contributed by atoms with Crippen molar-refractivity contribution in [1.29, 1.82) is 0 Å². The second kappa shape index (κ2) is 12.4. The molecule has 5 heteroatoms. The summed E-state index contributed by atoms with van der Waals surface area (Å²) in [4.78, 5) is 0. The molecule has 0 spiro atoms. The maximum absolute atomic E-state index is 11.0. The van der Waals surface area contributed by atoms with Gasteiger partial charge in [-0.05, 0) is 72.8 Å². The molecule has 5 nitrogen and oxygen atoms in total. The molecule has 3 rings (SSSR count). The smallest absolute Gasteiger partial charge is 0.124 e. The summed E-state index contributed by atoms with van der Waals surface area (Å²) in [5, 5.41) is 32.5. The molecule has 5 N–H and O–H groups in total. The van der Waals surface area contributed by atoms with Crippen LogP contribution in [0, 0.1) is 0 Å². The molecule has 200 valence electrons. The average molecular weight is 496 g/mol. The molecule has 0 saturated heterocycles. The Bertz CT molecular complexity index is 862. The van der Waals surface area contributed by atoms with E-state index in [1.54, 1.807) is 0 Å². The van der Waals surface area contributed by atoms with Crippen LogP contribution in [0.5, 0.6) is 11.5 Å². The number of fused-ring (bicyclic) bond motifs is 4. The number of benzene rings is 2. The number of phenolic OH excluding ortho intramolecular Hbond substituents is 2. The number of phenols is 2. The van der Waals surface area contributed by atoms with Crippen LogP contribution < -0.4 is 16.0 Å². The van der Waals surface area contributed by atoms with Gasteiger partial charge in [0.15, 0.2) is 0 Å². The van der Waals surface area contributed by atoms with E-state index in [2.05, 4.69) is 81.8 Å². The van der Waals surface area contributed by atoms with Crippen LogP contribution in [0.15, 0.2) is 24.3 Å². The summed E-state index contributed by atoms with van der Waals surface area (Å²) in [7, 11) is 0. The first-order chi connectivity index (χ1) is 17.0. The van der Waals surface area contributed by atoms with E-state index < -0.39 is 0 Å². The highest BCUT2D eigenvalue weighted by molar-refractivity contribution is 5.46. The van der Waals surface area contributed by atoms with E-state index in [9.17, 15) is 10.2 Å². The van der Waals surface area contributed by atoms with Crippen molar-refractivity contribution in [2.24, 2.45) is 0 Å². The van der Waals surface area contributed by atoms with Gasteiger partial charge in [-0.2, -0.15) is 0 Å². The Balaban J connectivity index is 1.75. The monoisotopic (exact) mass is 495 g/mol. The third-order valence-electron chi connectivity index (χ3n) is 7.22. The van der Waals surface area contributed by atoms with E-state index in [-0.39, 0.29) is 10.8 Å². The third kappa shape index (κ3) is 7.96. The van der Waals surface area contributed by atoms with E-state index in [0.717, 1.165) is 74.0 Å². The van der Waals surface area contributed by atoms with Crippen LogP contribution in [0.25, 0.3) is 0 Å². The number of hydrogen-bond donors (Lipinski definition) is 5. The first kappa shape index (κ1) is 28.5. The van der Waals surface area contributed by atoms with E-state index in [4.69, 9.17) is 0 Å². The Labute approximate surface area is 219 Å². The largest absolute Gasteiger partial charge is 0.507 e. The van der Waals surface area contributed by atoms with Gasteiger partial charge in [0.25, 0.3) is 0 Å². The minimum atomic E-state index is 0.0309. The van der Waals surface area contributed by atoms with Crippen LogP contribution in [-0.2, 0) is 36.9 Å². The predicted octanol–water partition coefficient (Wildman–Crippen LogP) is 5.78. The first-order valence-corrected chi connectivity index (χ1v) is 13.8. The first-order valence-electron chi connectivity index (χ1n) is 13.8. The molecule has 0 fully saturated rings. The lowest BCUT2D eigenvalue weighted by molar-refractivity contribution is 0.448. The molecule has 4 bridgehead atoms. The van der Waals surface area contributed by atoms with Crippen LogP contribution in [0.2, 0.25) is 0 Å². The van der Waals surface area contributed by atoms with Gasteiger partial charge in [0.05, 0.1) is 0 Å². The minimum absolute atomic E-state index is 0.0309. The maximum Gasteiger partial charge on any atom is 0.124 e. The molecule has 0 aliphatic carbocycles. The van der Waals surface area contributed by atoms with Crippen molar-refractivity contribution in [3.8, 4) is 11.5 Å². The molecule has 0 atom stereocenters. The van der Waals surface area contributed by atoms with Gasteiger partial charge < -0.3 is 26.2 Å². The van der Waals surface area contributed by atoms with Gasteiger partial charge in [0.1, 0.15) is 11.5 Å². The molecule has 0 radical (unpaired) electrons. The Hall–Kier alpha value is -2.08. The van der Waals surface area contributed by atoms with Gasteiger partial charge >= 0.3 is 0 Å². The highest BCUT2D eigenvalue weighted by atomic mass is 16.3. The van der Waals surface area contributed by atoms with Crippen LogP contribution in [0.4, 0.5) is 0 Å². The third-order valence-corrected chi connectivity index (χ3v) is 7.22. The lowest BCUT2D eigenvalue weighted by Gasteiger charge is -2.23. The van der Waals surface area contributed by atoms with E-state index in [1.807, 2.05) is 0 Å². The fourth-order valence-corrected chi connectivity index (χ4v) is 4.73. The van der Waals surface area contributed by atoms with Crippen molar-refractivity contribution in [2.45, 2.75) is 104 Å². The molecule has 0 amide bonds. The van der Waals surface area contributed by atoms with Gasteiger partial charge in [0, 0.05) is 36.3 Å². The number of aromatic hydroxyl groups is 2. The van der Waals surface area contributed by atoms with Crippen molar-refractivity contribution in [3.63, 3.8) is 0 Å². The van der Waals surface area contributed by atoms with E-state index in [1.165, 1.54) is 11.1 Å². The van der Waals surface area contributed by atoms with Gasteiger partial charge in [-0.3, -0.25) is 0 Å². The molecule has 36 heavy (non-hydrogen) atoms. The van der Waals surface area contributed by atoms with Crippen LogP contribution in [-0.4, -0.2) is 29.8 Å². The zero-order valence-corrected chi connectivity index (χ0v) is 23.5. The van der Waals surface area contributed by atoms with Crippen LogP contribution in [0.3, 0.4) is 0 Å². The predicted molar refractivity (Wildman–Crippen MR) is 151 cm³/mol. The molecule has 0 saturated carbocycles. The van der Waals surface area contributed by atoms with Crippen molar-refractivity contribution >= 4 is 0 Å². The molecule has 2 aromatic carbocycles. The standard InChI is InChI=1S/C31H49N3O2/c1-30(2,3)26-15-22-11-8-7-9-12-32-20-24-17-27(31(4,5)6)18-25(29(24)36)21-34-14-10-13-33-19-23(16-26)28(22)35/h15-18,32-36H,7-14,19-21H2,1-6H3. The summed E-state index contributed by atoms with van der Waals surface area (Å²) in [6, 6.07) is 8.68. The zero-order chi connectivity index (χ0) is 26.3. The molecular weight excluding hydrogens is 446 g/mol. The summed E-state index contributed by atoms with van der Waals surface area (Å²) in [5.41, 5.74) is 6.64. The number of nitrogens with one attached hydrogen (secondary N) is 3. The Morgan fingerprint density at radius 2 is 0.917 bits per heavy atom. The Kier molecular flexibility index (Phi) is 9.85. The molecule has 1 heterocycles. The van der Waals surface area contributed by atoms with E-state index >= 15 is 0 Å². The molecule has 0 aromatic heterocycles. The van der Waals surface area contributed by atoms with Crippen molar-refractivity contribution in [3.05, 3.63) is 57.6 Å². The molecule has 2 aromatic rings. The molecule has 1 aliphatic rings. The van der Waals surface area contributed by atoms with Gasteiger partial charge in [-0.25, -0.2) is 0 Å². The topological polar surface area (TPSA) is 76.5 Å². The lowest BCUT2D eigenvalue weighted by Crippen LogP contribution is -2.23. The number of aryl methyl sites for hydroxylation is 1. The summed E-state index contributed by atoms with van der Waals surface area (Å²) in [5.74, 6) is 0.879. The summed E-state index contributed by atoms with van der Waals surface area (Å²) in [6.45, 7) is 18.0. The quantitative estimate of drug-likeness (QED) is 0.320. The van der Waals surface area contributed by atoms with E-state index in [0.29, 0.717) is 31.1 Å². The Morgan fingerprint density at radius 3 is 1.36 bits per heavy atom. The Morgan fingerprint density at radius 1 is 0.528 bits per heavy atom. The SMILES string of the molecule is CC(C)(C)c1cc2c(O)c(c1)CNCCCNCc1cc(C(C)(C)C)cc(c1O)CNCCCCC2. The highest BCUT2D eigenvalue weighted by Crippen LogP contribution is 2.33. The lowest BCUT2D eigenvalue weighted by atomic mass is 9.84. The number of hydrogen-bond acceptors (Lipinski definition) is 5. The summed E-state index contributed by atoms with van der Waals surface area (Å²) < 4.78 is 0. The van der Waals surface area contributed by atoms with Gasteiger partial charge in [-0.1, -0.05) is 72.2 Å². The van der Waals surface area contributed by atoms with Crippen LogP contribution >= 0.6 is 0 Å². The summed E-state index contributed by atoms with van der Waals surface area (Å²) in [6.07, 6.45) is 5.09. The second-order valence-electron chi connectivity index (χ2n) is 12.5. The minimum Gasteiger partial charge on any atom is -0.507 e. The summed E-state index contributed by atoms with van der Waals surface area (Å²) >= 11 is 0. The van der Waals surface area contributed by atoms with Crippen LogP contribution in [0.1, 0.15) is 101 Å². The fourth-order valence-electron chi connectivity index (χ4n) is 4.73. The fraction of sp³-hybridized carbons (Fsp3) is 0.613. The van der Waals surface area contributed by atoms with Gasteiger partial charge in [-0.15, -0.1) is 0 Å². The number of rotatable bonds is 0.